The molecular formula is C6H6O2. The number of rotatable bonds is 2. The topological polar surface area (TPSA) is 34.1 Å². The fourth-order valence-corrected chi connectivity index (χ4v) is 0.640. The molecule has 0 unspecified atom stereocenters. The predicted molar refractivity (Wildman–Crippen MR) is 28.2 cm³/mol. The van der Waals surface area contributed by atoms with E-state index in [-0.39, 0.29) is 11.8 Å². The Morgan fingerprint density at radius 3 is 1.50 bits per heavy atom. The van der Waals surface area contributed by atoms with Crippen molar-refractivity contribution in [1.29, 1.82) is 0 Å². The molecule has 0 aromatic rings. The Morgan fingerprint density at radius 2 is 1.38 bits per heavy atom. The zero-order valence-corrected chi connectivity index (χ0v) is 4.28. The molecule has 0 spiro atoms. The van der Waals surface area contributed by atoms with Crippen molar-refractivity contribution >= 4 is 12.6 Å². The van der Waals surface area contributed by atoms with Gasteiger partial charge < -0.3 is 9.59 Å². The van der Waals surface area contributed by atoms with Crippen LogP contribution in [-0.2, 0) is 9.59 Å². The number of allylic oxidation sites excluding steroid dienone is 2. The molecular weight excluding hydrogens is 104 g/mol. The third-order valence-electron chi connectivity index (χ3n) is 1.31. The first-order valence-electron chi connectivity index (χ1n) is 2.47. The van der Waals surface area contributed by atoms with Gasteiger partial charge >= 0.3 is 0 Å². The van der Waals surface area contributed by atoms with Gasteiger partial charge in [0, 0.05) is 11.8 Å². The minimum Gasteiger partial charge on any atom is -0.303 e. The zero-order valence-electron chi connectivity index (χ0n) is 4.28. The summed E-state index contributed by atoms with van der Waals surface area (Å²) in [5, 5.41) is 0. The lowest BCUT2D eigenvalue weighted by Gasteiger charge is -2.17. The minimum atomic E-state index is -0.132. The van der Waals surface area contributed by atoms with Crippen LogP contribution in [0.5, 0.6) is 0 Å². The highest BCUT2D eigenvalue weighted by Crippen LogP contribution is 2.20. The largest absolute Gasteiger partial charge is 0.303 e. The second-order valence-corrected chi connectivity index (χ2v) is 1.81. The lowest BCUT2D eigenvalue weighted by Crippen LogP contribution is -2.20. The van der Waals surface area contributed by atoms with Crippen LogP contribution in [0, 0.1) is 11.8 Å². The van der Waals surface area contributed by atoms with Gasteiger partial charge in [-0.15, -0.1) is 0 Å². The number of hydrogen-bond donors (Lipinski definition) is 0. The van der Waals surface area contributed by atoms with E-state index in [1.54, 1.807) is 12.2 Å². The Bertz CT molecular complexity index is 121. The maximum atomic E-state index is 9.95. The molecule has 0 saturated carbocycles. The van der Waals surface area contributed by atoms with Crippen molar-refractivity contribution in [2.75, 3.05) is 0 Å². The average molecular weight is 110 g/mol. The summed E-state index contributed by atoms with van der Waals surface area (Å²) in [6, 6.07) is 0. The van der Waals surface area contributed by atoms with Crippen molar-refractivity contribution in [2.45, 2.75) is 0 Å². The van der Waals surface area contributed by atoms with E-state index >= 15 is 0 Å². The van der Waals surface area contributed by atoms with Gasteiger partial charge in [-0.2, -0.15) is 0 Å². The summed E-state index contributed by atoms with van der Waals surface area (Å²) in [7, 11) is 0. The maximum Gasteiger partial charge on any atom is 0.127 e. The van der Waals surface area contributed by atoms with Crippen molar-refractivity contribution in [3.8, 4) is 0 Å². The van der Waals surface area contributed by atoms with Crippen molar-refractivity contribution < 1.29 is 9.59 Å². The van der Waals surface area contributed by atoms with Gasteiger partial charge in [-0.1, -0.05) is 12.2 Å². The van der Waals surface area contributed by atoms with E-state index in [4.69, 9.17) is 0 Å². The molecule has 0 bridgehead atoms. The number of carbonyl (C=O) groups is 2. The SMILES string of the molecule is O=C[C@@H]1C=C[C@@H]1C=O. The zero-order chi connectivity index (χ0) is 5.98. The fourth-order valence-electron chi connectivity index (χ4n) is 0.640. The molecule has 42 valence electrons. The molecule has 0 aromatic carbocycles. The smallest absolute Gasteiger partial charge is 0.127 e. The van der Waals surface area contributed by atoms with Gasteiger partial charge in [0.25, 0.3) is 0 Å². The summed E-state index contributed by atoms with van der Waals surface area (Å²) in [6.45, 7) is 0. The van der Waals surface area contributed by atoms with Crippen LogP contribution in [0.3, 0.4) is 0 Å². The van der Waals surface area contributed by atoms with Gasteiger partial charge in [-0.3, -0.25) is 0 Å². The normalized spacial score (nSPS) is 33.5. The lowest BCUT2D eigenvalue weighted by molar-refractivity contribution is -0.117. The van der Waals surface area contributed by atoms with Crippen molar-refractivity contribution in [2.24, 2.45) is 11.8 Å². The molecule has 8 heavy (non-hydrogen) atoms. The lowest BCUT2D eigenvalue weighted by atomic mass is 9.85. The van der Waals surface area contributed by atoms with Crippen LogP contribution in [0.25, 0.3) is 0 Å². The summed E-state index contributed by atoms with van der Waals surface area (Å²) in [6.07, 6.45) is 5.04. The van der Waals surface area contributed by atoms with E-state index in [0.29, 0.717) is 0 Å². The van der Waals surface area contributed by atoms with Gasteiger partial charge in [-0.05, 0) is 0 Å². The predicted octanol–water partition coefficient (Wildman–Crippen LogP) is 0.186. The Hall–Kier alpha value is -0.920. The summed E-state index contributed by atoms with van der Waals surface area (Å²) in [5.74, 6) is -0.264. The average Bonchev–Trinajstić information content (AvgIpc) is 1.66. The first-order chi connectivity index (χ1) is 3.88. The van der Waals surface area contributed by atoms with Crippen LogP contribution in [0.4, 0.5) is 0 Å². The molecule has 0 N–H and O–H groups in total. The van der Waals surface area contributed by atoms with Gasteiger partial charge in [0.15, 0.2) is 0 Å². The van der Waals surface area contributed by atoms with Crippen LogP contribution >= 0.6 is 0 Å². The van der Waals surface area contributed by atoms with E-state index in [0.717, 1.165) is 12.6 Å². The summed E-state index contributed by atoms with van der Waals surface area (Å²) in [4.78, 5) is 19.9. The number of aldehydes is 2. The minimum absolute atomic E-state index is 0.132. The van der Waals surface area contributed by atoms with Crippen LogP contribution < -0.4 is 0 Å². The van der Waals surface area contributed by atoms with Gasteiger partial charge in [0.05, 0.1) is 0 Å². The van der Waals surface area contributed by atoms with E-state index < -0.39 is 0 Å². The molecule has 2 atom stereocenters. The molecule has 0 fully saturated rings. The fraction of sp³-hybridized carbons (Fsp3) is 0.333. The molecule has 0 aliphatic heterocycles. The summed E-state index contributed by atoms with van der Waals surface area (Å²) >= 11 is 0. The summed E-state index contributed by atoms with van der Waals surface area (Å²) < 4.78 is 0. The van der Waals surface area contributed by atoms with Crippen LogP contribution in [0.2, 0.25) is 0 Å². The molecule has 0 aromatic heterocycles. The molecule has 2 nitrogen and oxygen atoms in total. The highest BCUT2D eigenvalue weighted by Gasteiger charge is 2.21. The summed E-state index contributed by atoms with van der Waals surface area (Å²) in [5.41, 5.74) is 0. The van der Waals surface area contributed by atoms with E-state index in [1.165, 1.54) is 0 Å². The molecule has 1 aliphatic carbocycles. The quantitative estimate of drug-likeness (QED) is 0.375. The Balaban J connectivity index is 2.52. The van der Waals surface area contributed by atoms with Crippen molar-refractivity contribution in [3.05, 3.63) is 12.2 Å². The second kappa shape index (κ2) is 1.90. The molecule has 1 rings (SSSR count). The highest BCUT2D eigenvalue weighted by atomic mass is 16.1. The molecule has 1 aliphatic rings. The standard InChI is InChI=1S/C6H6O2/c7-3-5-1-2-6(5)4-8/h1-6H/t5-,6+. The van der Waals surface area contributed by atoms with Gasteiger partial charge in [-0.25, -0.2) is 0 Å². The number of hydrogen-bond acceptors (Lipinski definition) is 2. The Morgan fingerprint density at radius 1 is 1.00 bits per heavy atom. The Kier molecular flexibility index (Phi) is 1.24. The third-order valence-corrected chi connectivity index (χ3v) is 1.31. The second-order valence-electron chi connectivity index (χ2n) is 1.81. The van der Waals surface area contributed by atoms with Crippen LogP contribution in [-0.4, -0.2) is 12.6 Å². The first-order valence-corrected chi connectivity index (χ1v) is 2.47. The van der Waals surface area contributed by atoms with E-state index in [1.807, 2.05) is 0 Å². The van der Waals surface area contributed by atoms with Crippen LogP contribution in [0.1, 0.15) is 0 Å². The molecule has 0 heterocycles. The Labute approximate surface area is 47.2 Å². The van der Waals surface area contributed by atoms with Crippen molar-refractivity contribution in [3.63, 3.8) is 0 Å². The van der Waals surface area contributed by atoms with Crippen LogP contribution in [0.15, 0.2) is 12.2 Å². The van der Waals surface area contributed by atoms with Gasteiger partial charge in [0.2, 0.25) is 0 Å². The molecule has 0 radical (unpaired) electrons. The highest BCUT2D eigenvalue weighted by molar-refractivity contribution is 5.72. The number of carbonyl (C=O) groups excluding carboxylic acids is 2. The monoisotopic (exact) mass is 110 g/mol. The molecule has 2 heteroatoms. The van der Waals surface area contributed by atoms with Crippen molar-refractivity contribution in [1.82, 2.24) is 0 Å². The third kappa shape index (κ3) is 0.579. The van der Waals surface area contributed by atoms with E-state index in [2.05, 4.69) is 0 Å². The molecule has 0 saturated heterocycles. The first kappa shape index (κ1) is 5.22. The maximum absolute atomic E-state index is 9.95. The molecule has 0 amide bonds. The van der Waals surface area contributed by atoms with E-state index in [9.17, 15) is 9.59 Å². The van der Waals surface area contributed by atoms with Gasteiger partial charge in [0.1, 0.15) is 12.6 Å².